The zero-order valence-electron chi connectivity index (χ0n) is 6.98. The fourth-order valence-corrected chi connectivity index (χ4v) is 1.82. The van der Waals surface area contributed by atoms with Crippen LogP contribution in [0.4, 0.5) is 0 Å². The van der Waals surface area contributed by atoms with Crippen LogP contribution >= 0.6 is 0 Å². The van der Waals surface area contributed by atoms with Crippen LogP contribution in [0.25, 0.3) is 0 Å². The molecule has 0 aliphatic heterocycles. The van der Waals surface area contributed by atoms with Crippen molar-refractivity contribution in [3.63, 3.8) is 0 Å². The van der Waals surface area contributed by atoms with Gasteiger partial charge in [0, 0.05) is 11.1 Å². The van der Waals surface area contributed by atoms with Crippen LogP contribution in [-0.2, 0) is 0 Å². The Hall–Kier alpha value is -0.0800. The molecule has 0 heterocycles. The number of hydrogen-bond donors (Lipinski definition) is 2. The largest absolute Gasteiger partial charge is 0.324 e. The average molecular weight is 142 g/mol. The van der Waals surface area contributed by atoms with Crippen molar-refractivity contribution in [3.05, 3.63) is 0 Å². The van der Waals surface area contributed by atoms with Crippen LogP contribution in [0.5, 0.6) is 0 Å². The molecule has 1 fully saturated rings. The number of rotatable bonds is 2. The van der Waals surface area contributed by atoms with E-state index in [1.165, 1.54) is 0 Å². The molecule has 1 rings (SSSR count). The lowest BCUT2D eigenvalue weighted by molar-refractivity contribution is 0.0778. The van der Waals surface area contributed by atoms with Crippen molar-refractivity contribution in [1.82, 2.24) is 0 Å². The second kappa shape index (κ2) is 2.21. The first kappa shape index (κ1) is 8.02. The molecule has 60 valence electrons. The van der Waals surface area contributed by atoms with Crippen LogP contribution in [0.15, 0.2) is 0 Å². The monoisotopic (exact) mass is 142 g/mol. The highest BCUT2D eigenvalue weighted by atomic mass is 15.0. The molecule has 1 saturated carbocycles. The molecule has 0 aromatic heterocycles. The summed E-state index contributed by atoms with van der Waals surface area (Å²) in [6.45, 7) is 4.24. The van der Waals surface area contributed by atoms with Crippen molar-refractivity contribution in [2.24, 2.45) is 11.5 Å². The maximum atomic E-state index is 6.07. The fraction of sp³-hybridized carbons (Fsp3) is 1.00. The van der Waals surface area contributed by atoms with E-state index < -0.39 is 0 Å². The molecule has 1 aliphatic carbocycles. The molecule has 2 unspecified atom stereocenters. The third kappa shape index (κ3) is 0.789. The van der Waals surface area contributed by atoms with Crippen LogP contribution in [0.2, 0.25) is 0 Å². The lowest BCUT2D eigenvalue weighted by atomic mass is 9.59. The van der Waals surface area contributed by atoms with Gasteiger partial charge in [-0.3, -0.25) is 0 Å². The highest BCUT2D eigenvalue weighted by Gasteiger charge is 2.51. The summed E-state index contributed by atoms with van der Waals surface area (Å²) in [6.07, 6.45) is 4.23. The Labute approximate surface area is 63.0 Å². The number of hydrogen-bond acceptors (Lipinski definition) is 2. The molecule has 0 saturated heterocycles. The van der Waals surface area contributed by atoms with Gasteiger partial charge in [-0.25, -0.2) is 0 Å². The van der Waals surface area contributed by atoms with E-state index in [9.17, 15) is 0 Å². The van der Waals surface area contributed by atoms with Crippen LogP contribution in [0.1, 0.15) is 39.5 Å². The van der Waals surface area contributed by atoms with Crippen LogP contribution < -0.4 is 11.5 Å². The predicted octanol–water partition coefficient (Wildman–Crippen LogP) is 0.995. The Morgan fingerprint density at radius 3 is 1.40 bits per heavy atom. The molecule has 10 heavy (non-hydrogen) atoms. The van der Waals surface area contributed by atoms with Gasteiger partial charge in [0.25, 0.3) is 0 Å². The van der Waals surface area contributed by atoms with Gasteiger partial charge in [-0.2, -0.15) is 0 Å². The van der Waals surface area contributed by atoms with Crippen LogP contribution in [0, 0.1) is 0 Å². The smallest absolute Gasteiger partial charge is 0.0334 e. The Morgan fingerprint density at radius 1 is 1.00 bits per heavy atom. The molecule has 0 spiro atoms. The standard InChI is InChI=1S/C8H18N2/c1-3-7(9)5-6-8(7,10)4-2/h3-6,9-10H2,1-2H3. The van der Waals surface area contributed by atoms with E-state index in [0.29, 0.717) is 0 Å². The van der Waals surface area contributed by atoms with Gasteiger partial charge in [0.05, 0.1) is 0 Å². The SMILES string of the molecule is CCC1(N)CCC1(N)CC. The topological polar surface area (TPSA) is 52.0 Å². The Morgan fingerprint density at radius 2 is 1.30 bits per heavy atom. The van der Waals surface area contributed by atoms with Gasteiger partial charge < -0.3 is 11.5 Å². The van der Waals surface area contributed by atoms with E-state index in [1.807, 2.05) is 0 Å². The van der Waals surface area contributed by atoms with Crippen molar-refractivity contribution < 1.29 is 0 Å². The summed E-state index contributed by atoms with van der Waals surface area (Å²) in [5, 5.41) is 0. The lowest BCUT2D eigenvalue weighted by Gasteiger charge is -2.55. The first-order valence-corrected chi connectivity index (χ1v) is 4.16. The zero-order chi connectivity index (χ0) is 7.83. The first-order chi connectivity index (χ1) is 4.58. The van der Waals surface area contributed by atoms with E-state index in [4.69, 9.17) is 11.5 Å². The molecule has 0 bridgehead atoms. The summed E-state index contributed by atoms with van der Waals surface area (Å²) in [4.78, 5) is 0. The Balaban J connectivity index is 2.64. The van der Waals surface area contributed by atoms with Gasteiger partial charge >= 0.3 is 0 Å². The van der Waals surface area contributed by atoms with Crippen LogP contribution in [-0.4, -0.2) is 11.1 Å². The molecule has 1 aliphatic rings. The third-order valence-corrected chi connectivity index (χ3v) is 3.27. The minimum atomic E-state index is -0.0538. The molecule has 2 atom stereocenters. The third-order valence-electron chi connectivity index (χ3n) is 3.27. The normalized spacial score (nSPS) is 46.8. The molecule has 0 aromatic carbocycles. The number of nitrogens with two attached hydrogens (primary N) is 2. The molecule has 0 aromatic rings. The Kier molecular flexibility index (Phi) is 1.77. The van der Waals surface area contributed by atoms with E-state index in [-0.39, 0.29) is 11.1 Å². The fourth-order valence-electron chi connectivity index (χ4n) is 1.82. The van der Waals surface area contributed by atoms with E-state index in [0.717, 1.165) is 25.7 Å². The van der Waals surface area contributed by atoms with Crippen molar-refractivity contribution in [3.8, 4) is 0 Å². The van der Waals surface area contributed by atoms with Gasteiger partial charge in [0.15, 0.2) is 0 Å². The lowest BCUT2D eigenvalue weighted by Crippen LogP contribution is -2.72. The summed E-state index contributed by atoms with van der Waals surface area (Å²) in [7, 11) is 0. The maximum absolute atomic E-state index is 6.07. The predicted molar refractivity (Wildman–Crippen MR) is 43.7 cm³/mol. The molecule has 2 nitrogen and oxygen atoms in total. The van der Waals surface area contributed by atoms with Crippen LogP contribution in [0.3, 0.4) is 0 Å². The quantitative estimate of drug-likeness (QED) is 0.604. The Bertz CT molecular complexity index is 111. The van der Waals surface area contributed by atoms with Crippen molar-refractivity contribution in [2.45, 2.75) is 50.6 Å². The summed E-state index contributed by atoms with van der Waals surface area (Å²) in [6, 6.07) is 0. The minimum Gasteiger partial charge on any atom is -0.324 e. The van der Waals surface area contributed by atoms with Crippen molar-refractivity contribution in [1.29, 1.82) is 0 Å². The van der Waals surface area contributed by atoms with E-state index in [2.05, 4.69) is 13.8 Å². The van der Waals surface area contributed by atoms with Crippen molar-refractivity contribution >= 4 is 0 Å². The molecular weight excluding hydrogens is 124 g/mol. The molecular formula is C8H18N2. The van der Waals surface area contributed by atoms with E-state index >= 15 is 0 Å². The zero-order valence-corrected chi connectivity index (χ0v) is 6.98. The molecule has 0 radical (unpaired) electrons. The van der Waals surface area contributed by atoms with Gasteiger partial charge in [0.2, 0.25) is 0 Å². The maximum Gasteiger partial charge on any atom is 0.0334 e. The van der Waals surface area contributed by atoms with Gasteiger partial charge in [-0.05, 0) is 25.7 Å². The van der Waals surface area contributed by atoms with Gasteiger partial charge in [-0.15, -0.1) is 0 Å². The summed E-state index contributed by atoms with van der Waals surface area (Å²) in [5.74, 6) is 0. The first-order valence-electron chi connectivity index (χ1n) is 4.16. The molecule has 0 amide bonds. The van der Waals surface area contributed by atoms with Gasteiger partial charge in [0.1, 0.15) is 0 Å². The minimum absolute atomic E-state index is 0.0538. The highest BCUT2D eigenvalue weighted by molar-refractivity contribution is 5.14. The average Bonchev–Trinajstić information content (AvgIpc) is 1.99. The molecule has 2 heteroatoms. The van der Waals surface area contributed by atoms with Crippen molar-refractivity contribution in [2.75, 3.05) is 0 Å². The van der Waals surface area contributed by atoms with Gasteiger partial charge in [-0.1, -0.05) is 13.8 Å². The van der Waals surface area contributed by atoms with E-state index in [1.54, 1.807) is 0 Å². The highest BCUT2D eigenvalue weighted by Crippen LogP contribution is 2.42. The molecule has 4 N–H and O–H groups in total. The summed E-state index contributed by atoms with van der Waals surface area (Å²) < 4.78 is 0. The summed E-state index contributed by atoms with van der Waals surface area (Å²) >= 11 is 0. The summed E-state index contributed by atoms with van der Waals surface area (Å²) in [5.41, 5.74) is 12.0. The second-order valence-electron chi connectivity index (χ2n) is 3.52. The second-order valence-corrected chi connectivity index (χ2v) is 3.52.